The number of non-ortho nitro benzene ring substituents is 1. The summed E-state index contributed by atoms with van der Waals surface area (Å²) in [6, 6.07) is 30.5. The van der Waals surface area contributed by atoms with E-state index < -0.39 is 42.3 Å². The molecule has 4 aromatic carbocycles. The molecule has 14 heteroatoms. The van der Waals surface area contributed by atoms with Crippen LogP contribution in [0.3, 0.4) is 0 Å². The Labute approximate surface area is 326 Å². The van der Waals surface area contributed by atoms with Crippen molar-refractivity contribution in [2.75, 3.05) is 23.1 Å². The topological polar surface area (TPSA) is 166 Å². The predicted octanol–water partition coefficient (Wildman–Crippen LogP) is 5.88. The SMILES string of the molecule is C[C@@H]1[C@@H]([Si](C)(C)O)[C@H](CC(=O)N(CCO)Cc2ccccc2)O[C@@]12C(=O)N(Cc1ccc(N3N=C(c4ccccc4)CCC3=O)cc1)c1ccc([N+](=O)[O-])cc12. The van der Waals surface area contributed by atoms with Crippen molar-refractivity contribution in [1.82, 2.24) is 4.90 Å². The Bertz CT molecular complexity index is 2160. The van der Waals surface area contributed by atoms with Gasteiger partial charge in [-0.25, -0.2) is 5.01 Å². The van der Waals surface area contributed by atoms with Gasteiger partial charge in [0, 0.05) is 55.1 Å². The smallest absolute Gasteiger partial charge is 0.269 e. The van der Waals surface area contributed by atoms with Gasteiger partial charge in [-0.2, -0.15) is 5.10 Å². The molecule has 290 valence electrons. The maximum absolute atomic E-state index is 15.0. The van der Waals surface area contributed by atoms with E-state index in [2.05, 4.69) is 5.10 Å². The number of amides is 3. The Kier molecular flexibility index (Phi) is 10.7. The van der Waals surface area contributed by atoms with E-state index in [-0.39, 0.29) is 50.2 Å². The van der Waals surface area contributed by atoms with Crippen LogP contribution in [0.4, 0.5) is 17.1 Å². The molecule has 0 radical (unpaired) electrons. The summed E-state index contributed by atoms with van der Waals surface area (Å²) in [7, 11) is -3.17. The van der Waals surface area contributed by atoms with E-state index in [1.54, 1.807) is 36.2 Å². The molecule has 4 aromatic rings. The van der Waals surface area contributed by atoms with Crippen LogP contribution in [0.2, 0.25) is 18.6 Å². The number of aliphatic hydroxyl groups is 1. The number of nitro benzene ring substituents is 1. The lowest BCUT2D eigenvalue weighted by Gasteiger charge is -2.32. The third-order valence-corrected chi connectivity index (χ3v) is 13.7. The van der Waals surface area contributed by atoms with Gasteiger partial charge in [0.25, 0.3) is 11.6 Å². The van der Waals surface area contributed by atoms with Crippen LogP contribution in [0.5, 0.6) is 0 Å². The second-order valence-electron chi connectivity index (χ2n) is 15.2. The fraction of sp³-hybridized carbons (Fsp3) is 0.333. The van der Waals surface area contributed by atoms with Gasteiger partial charge >= 0.3 is 0 Å². The molecule has 0 aliphatic carbocycles. The second kappa shape index (κ2) is 15.5. The average Bonchev–Trinajstić information content (AvgIpc) is 3.61. The van der Waals surface area contributed by atoms with Gasteiger partial charge in [-0.15, -0.1) is 0 Å². The van der Waals surface area contributed by atoms with Gasteiger partial charge in [-0.3, -0.25) is 24.5 Å². The van der Waals surface area contributed by atoms with Crippen LogP contribution in [-0.4, -0.2) is 70.7 Å². The Morgan fingerprint density at radius 2 is 1.66 bits per heavy atom. The first-order chi connectivity index (χ1) is 26.8. The molecule has 3 aliphatic heterocycles. The van der Waals surface area contributed by atoms with E-state index in [9.17, 15) is 34.4 Å². The summed E-state index contributed by atoms with van der Waals surface area (Å²) < 4.78 is 6.80. The van der Waals surface area contributed by atoms with E-state index in [1.807, 2.05) is 79.7 Å². The number of carbonyl (C=O) groups excluding carboxylic acids is 3. The molecule has 3 aliphatic rings. The molecule has 13 nitrogen and oxygen atoms in total. The third kappa shape index (κ3) is 7.28. The maximum Gasteiger partial charge on any atom is 0.269 e. The Hall–Kier alpha value is -5.54. The number of hydrogen-bond acceptors (Lipinski definition) is 9. The minimum absolute atomic E-state index is 0.0821. The highest BCUT2D eigenvalue weighted by Gasteiger charge is 2.66. The van der Waals surface area contributed by atoms with Crippen molar-refractivity contribution in [3.8, 4) is 0 Å². The molecule has 1 spiro atoms. The summed E-state index contributed by atoms with van der Waals surface area (Å²) >= 11 is 0. The van der Waals surface area contributed by atoms with Gasteiger partial charge in [0.2, 0.25) is 11.8 Å². The van der Waals surface area contributed by atoms with Crippen molar-refractivity contribution < 1.29 is 33.9 Å². The quantitative estimate of drug-likeness (QED) is 0.102. The Morgan fingerprint density at radius 1 is 0.982 bits per heavy atom. The highest BCUT2D eigenvalue weighted by atomic mass is 28.4. The van der Waals surface area contributed by atoms with Crippen molar-refractivity contribution in [3.63, 3.8) is 0 Å². The minimum Gasteiger partial charge on any atom is -0.432 e. The molecule has 0 aromatic heterocycles. The predicted molar refractivity (Wildman–Crippen MR) is 213 cm³/mol. The van der Waals surface area contributed by atoms with Crippen molar-refractivity contribution in [2.24, 2.45) is 11.0 Å². The molecule has 56 heavy (non-hydrogen) atoms. The first-order valence-electron chi connectivity index (χ1n) is 18.8. The molecule has 4 atom stereocenters. The summed E-state index contributed by atoms with van der Waals surface area (Å²) in [4.78, 5) is 68.2. The molecule has 0 bridgehead atoms. The fourth-order valence-electron chi connectivity index (χ4n) is 8.57. The van der Waals surface area contributed by atoms with Crippen LogP contribution >= 0.6 is 0 Å². The normalized spacial score (nSPS) is 22.0. The number of hydrogen-bond donors (Lipinski definition) is 2. The van der Waals surface area contributed by atoms with Gasteiger partial charge in [-0.1, -0.05) is 79.7 Å². The molecular formula is C42H45N5O8Si. The number of fused-ring (bicyclic) bond motifs is 2. The van der Waals surface area contributed by atoms with Crippen LogP contribution in [0.25, 0.3) is 0 Å². The summed E-state index contributed by atoms with van der Waals surface area (Å²) in [5.41, 5.74) is 2.16. The van der Waals surface area contributed by atoms with Crippen LogP contribution in [0.1, 0.15) is 48.4 Å². The highest BCUT2D eigenvalue weighted by Crippen LogP contribution is 2.60. The number of rotatable bonds is 12. The molecule has 1 saturated heterocycles. The Morgan fingerprint density at radius 3 is 2.30 bits per heavy atom. The highest BCUT2D eigenvalue weighted by molar-refractivity contribution is 6.71. The van der Waals surface area contributed by atoms with Gasteiger partial charge in [-0.05, 0) is 48.0 Å². The number of benzene rings is 4. The zero-order valence-corrected chi connectivity index (χ0v) is 32.6. The van der Waals surface area contributed by atoms with Gasteiger partial charge in [0.15, 0.2) is 13.9 Å². The summed E-state index contributed by atoms with van der Waals surface area (Å²) in [5.74, 6) is -1.54. The summed E-state index contributed by atoms with van der Waals surface area (Å²) in [6.07, 6.45) is -0.202. The standard InChI is InChI=1S/C42H45N5O8Si/c1-28-40(56(2,3)54)37(25-39(50)44(22-23-48)26-29-10-6-4-7-11-29)55-42(28)34-24-33(47(52)53)18-20-36(34)45(41(42)51)27-30-14-16-32(17-15-30)46-38(49)21-19-35(43-46)31-12-8-5-9-13-31/h4-18,20,24,28,37,40,48,54H,19,21-23,25-27H2,1-3H3/t28-,37+,40-,42+/m1/s1. The average molecular weight is 776 g/mol. The summed E-state index contributed by atoms with van der Waals surface area (Å²) in [6.45, 7) is 5.48. The number of anilines is 2. The van der Waals surface area contributed by atoms with E-state index >= 15 is 0 Å². The molecular weight excluding hydrogens is 731 g/mol. The number of nitro groups is 1. The number of carbonyl (C=O) groups is 3. The van der Waals surface area contributed by atoms with Crippen LogP contribution < -0.4 is 9.91 Å². The molecule has 7 rings (SSSR count). The molecule has 0 unspecified atom stereocenters. The van der Waals surface area contributed by atoms with E-state index in [4.69, 9.17) is 4.74 Å². The molecule has 0 saturated carbocycles. The monoisotopic (exact) mass is 775 g/mol. The van der Waals surface area contributed by atoms with E-state index in [0.717, 1.165) is 22.4 Å². The van der Waals surface area contributed by atoms with Crippen LogP contribution in [-0.2, 0) is 37.8 Å². The molecule has 3 heterocycles. The largest absolute Gasteiger partial charge is 0.432 e. The maximum atomic E-state index is 15.0. The molecule has 1 fully saturated rings. The van der Waals surface area contributed by atoms with Crippen LogP contribution in [0.15, 0.2) is 108 Å². The van der Waals surface area contributed by atoms with Crippen molar-refractivity contribution in [1.29, 1.82) is 0 Å². The van der Waals surface area contributed by atoms with Gasteiger partial charge < -0.3 is 24.4 Å². The fourth-order valence-corrected chi connectivity index (χ4v) is 11.1. The van der Waals surface area contributed by atoms with E-state index in [1.165, 1.54) is 22.0 Å². The minimum atomic E-state index is -3.17. The zero-order chi connectivity index (χ0) is 39.8. The first-order valence-corrected chi connectivity index (χ1v) is 21.8. The zero-order valence-electron chi connectivity index (χ0n) is 31.6. The van der Waals surface area contributed by atoms with Crippen molar-refractivity contribution in [2.45, 2.75) is 69.6 Å². The lowest BCUT2D eigenvalue weighted by Crippen LogP contribution is -2.46. The second-order valence-corrected chi connectivity index (χ2v) is 19.2. The lowest BCUT2D eigenvalue weighted by molar-refractivity contribution is -0.385. The number of aliphatic hydroxyl groups excluding tert-OH is 1. The van der Waals surface area contributed by atoms with Crippen LogP contribution in [0, 0.1) is 16.0 Å². The van der Waals surface area contributed by atoms with Gasteiger partial charge in [0.05, 0.1) is 47.7 Å². The third-order valence-electron chi connectivity index (χ3n) is 11.2. The van der Waals surface area contributed by atoms with Gasteiger partial charge in [0.1, 0.15) is 0 Å². The number of nitrogens with zero attached hydrogens (tertiary/aromatic N) is 5. The van der Waals surface area contributed by atoms with Crippen molar-refractivity contribution in [3.05, 3.63) is 135 Å². The van der Waals surface area contributed by atoms with E-state index in [0.29, 0.717) is 29.8 Å². The number of ether oxygens (including phenoxy) is 1. The molecule has 3 amide bonds. The lowest BCUT2D eigenvalue weighted by atomic mass is 9.82. The summed E-state index contributed by atoms with van der Waals surface area (Å²) in [5, 5.41) is 28.0. The Balaban J connectivity index is 1.19. The first kappa shape index (κ1) is 38.7. The molecule has 2 N–H and O–H groups in total. The number of hydrazone groups is 1. The van der Waals surface area contributed by atoms with Crippen molar-refractivity contribution >= 4 is 48.8 Å².